The van der Waals surface area contributed by atoms with E-state index < -0.39 is 0 Å². The standard InChI is InChI=1S/C22H24N4O/c1-4-18-10-6-8-16(3)21(18)26-20-14-23-19(13-24-20)22(27)25-12-17-9-5-7-15(2)11-17/h5-11,13-14H,4,12H2,1-3H3,(H,24,26)(H,25,27). The molecule has 1 heterocycles. The minimum Gasteiger partial charge on any atom is -0.347 e. The number of amides is 1. The molecule has 0 radical (unpaired) electrons. The fourth-order valence-corrected chi connectivity index (χ4v) is 2.93. The summed E-state index contributed by atoms with van der Waals surface area (Å²) in [5, 5.41) is 6.19. The number of hydrogen-bond acceptors (Lipinski definition) is 4. The first-order valence-corrected chi connectivity index (χ1v) is 9.08. The van der Waals surface area contributed by atoms with E-state index in [1.165, 1.54) is 17.3 Å². The van der Waals surface area contributed by atoms with Crippen LogP contribution in [0.4, 0.5) is 11.5 Å². The van der Waals surface area contributed by atoms with E-state index in [1.54, 1.807) is 6.20 Å². The molecule has 0 fully saturated rings. The number of carbonyl (C=O) groups is 1. The van der Waals surface area contributed by atoms with Crippen LogP contribution in [-0.4, -0.2) is 15.9 Å². The van der Waals surface area contributed by atoms with Gasteiger partial charge in [-0.05, 0) is 37.0 Å². The minimum absolute atomic E-state index is 0.235. The van der Waals surface area contributed by atoms with Crippen molar-refractivity contribution in [2.75, 3.05) is 5.32 Å². The summed E-state index contributed by atoms with van der Waals surface area (Å²) < 4.78 is 0. The topological polar surface area (TPSA) is 66.9 Å². The normalized spacial score (nSPS) is 10.5. The highest BCUT2D eigenvalue weighted by Crippen LogP contribution is 2.24. The lowest BCUT2D eigenvalue weighted by Crippen LogP contribution is -2.24. The number of anilines is 2. The van der Waals surface area contributed by atoms with Crippen LogP contribution in [0.2, 0.25) is 0 Å². The van der Waals surface area contributed by atoms with Gasteiger partial charge < -0.3 is 10.6 Å². The summed E-state index contributed by atoms with van der Waals surface area (Å²) in [5.41, 5.74) is 5.94. The zero-order valence-corrected chi connectivity index (χ0v) is 15.9. The van der Waals surface area contributed by atoms with Crippen LogP contribution in [-0.2, 0) is 13.0 Å². The number of para-hydroxylation sites is 1. The lowest BCUT2D eigenvalue weighted by molar-refractivity contribution is 0.0945. The van der Waals surface area contributed by atoms with Gasteiger partial charge in [-0.2, -0.15) is 0 Å². The van der Waals surface area contributed by atoms with Gasteiger partial charge >= 0.3 is 0 Å². The lowest BCUT2D eigenvalue weighted by atomic mass is 10.1. The highest BCUT2D eigenvalue weighted by molar-refractivity contribution is 5.92. The molecule has 1 aromatic heterocycles. The summed E-state index contributed by atoms with van der Waals surface area (Å²) in [6.07, 6.45) is 4.02. The number of nitrogens with one attached hydrogen (secondary N) is 2. The van der Waals surface area contributed by atoms with E-state index in [-0.39, 0.29) is 5.91 Å². The summed E-state index contributed by atoms with van der Waals surface area (Å²) in [6.45, 7) is 6.67. The van der Waals surface area contributed by atoms with Crippen molar-refractivity contribution >= 4 is 17.4 Å². The van der Waals surface area contributed by atoms with Crippen molar-refractivity contribution in [3.8, 4) is 0 Å². The molecule has 5 heteroatoms. The van der Waals surface area contributed by atoms with Crippen LogP contribution in [0.1, 0.15) is 39.7 Å². The van der Waals surface area contributed by atoms with Crippen molar-refractivity contribution in [2.45, 2.75) is 33.7 Å². The second-order valence-electron chi connectivity index (χ2n) is 6.55. The third-order valence-corrected chi connectivity index (χ3v) is 4.41. The first-order valence-electron chi connectivity index (χ1n) is 9.08. The molecule has 0 saturated heterocycles. The number of benzene rings is 2. The molecule has 0 atom stereocenters. The summed E-state index contributed by atoms with van der Waals surface area (Å²) in [5.74, 6) is 0.384. The Morgan fingerprint density at radius 1 is 1.04 bits per heavy atom. The predicted octanol–water partition coefficient (Wildman–Crippen LogP) is 4.33. The molecule has 27 heavy (non-hydrogen) atoms. The molecule has 5 nitrogen and oxygen atoms in total. The van der Waals surface area contributed by atoms with Crippen LogP contribution in [0.5, 0.6) is 0 Å². The van der Waals surface area contributed by atoms with Gasteiger partial charge in [-0.25, -0.2) is 9.97 Å². The summed E-state index contributed by atoms with van der Waals surface area (Å²) in [4.78, 5) is 20.9. The van der Waals surface area contributed by atoms with Gasteiger partial charge in [0.1, 0.15) is 11.5 Å². The van der Waals surface area contributed by atoms with Gasteiger partial charge in [0, 0.05) is 12.2 Å². The maximum atomic E-state index is 12.3. The summed E-state index contributed by atoms with van der Waals surface area (Å²) >= 11 is 0. The van der Waals surface area contributed by atoms with Crippen LogP contribution in [0.15, 0.2) is 54.9 Å². The third kappa shape index (κ3) is 4.70. The Hall–Kier alpha value is -3.21. The number of rotatable bonds is 6. The highest BCUT2D eigenvalue weighted by atomic mass is 16.1. The number of hydrogen-bond donors (Lipinski definition) is 2. The predicted molar refractivity (Wildman–Crippen MR) is 108 cm³/mol. The zero-order chi connectivity index (χ0) is 19.2. The summed E-state index contributed by atoms with van der Waals surface area (Å²) in [7, 11) is 0. The molecule has 0 aliphatic carbocycles. The molecular formula is C22H24N4O. The quantitative estimate of drug-likeness (QED) is 0.687. The maximum Gasteiger partial charge on any atom is 0.271 e. The second-order valence-corrected chi connectivity index (χ2v) is 6.55. The Morgan fingerprint density at radius 3 is 2.56 bits per heavy atom. The molecule has 2 N–H and O–H groups in total. The maximum absolute atomic E-state index is 12.3. The number of carbonyl (C=O) groups excluding carboxylic acids is 1. The molecule has 3 aromatic rings. The van der Waals surface area contributed by atoms with Gasteiger partial charge in [-0.1, -0.05) is 55.0 Å². The first-order chi connectivity index (χ1) is 13.1. The van der Waals surface area contributed by atoms with Gasteiger partial charge in [0.15, 0.2) is 0 Å². The second kappa shape index (κ2) is 8.45. The molecule has 0 saturated carbocycles. The SMILES string of the molecule is CCc1cccc(C)c1Nc1cnc(C(=O)NCc2cccc(C)c2)cn1. The van der Waals surface area contributed by atoms with Crippen LogP contribution in [0.3, 0.4) is 0 Å². The molecule has 138 valence electrons. The molecule has 0 spiro atoms. The van der Waals surface area contributed by atoms with Gasteiger partial charge in [-0.15, -0.1) is 0 Å². The zero-order valence-electron chi connectivity index (χ0n) is 15.9. The monoisotopic (exact) mass is 360 g/mol. The van der Waals surface area contributed by atoms with E-state index in [2.05, 4.69) is 46.6 Å². The molecule has 0 bridgehead atoms. The van der Waals surface area contributed by atoms with Crippen molar-refractivity contribution in [2.24, 2.45) is 0 Å². The van der Waals surface area contributed by atoms with Crippen molar-refractivity contribution in [1.82, 2.24) is 15.3 Å². The Balaban J connectivity index is 1.66. The van der Waals surface area contributed by atoms with Crippen molar-refractivity contribution < 1.29 is 4.79 Å². The van der Waals surface area contributed by atoms with E-state index in [4.69, 9.17) is 0 Å². The van der Waals surface area contributed by atoms with Crippen LogP contribution in [0, 0.1) is 13.8 Å². The highest BCUT2D eigenvalue weighted by Gasteiger charge is 2.10. The van der Waals surface area contributed by atoms with Gasteiger partial charge in [0.25, 0.3) is 5.91 Å². The van der Waals surface area contributed by atoms with Crippen molar-refractivity contribution in [1.29, 1.82) is 0 Å². The smallest absolute Gasteiger partial charge is 0.271 e. The van der Waals surface area contributed by atoms with Gasteiger partial charge in [0.05, 0.1) is 12.4 Å². The van der Waals surface area contributed by atoms with Gasteiger partial charge in [-0.3, -0.25) is 4.79 Å². The Kier molecular flexibility index (Phi) is 5.81. The average Bonchev–Trinajstić information content (AvgIpc) is 2.68. The van der Waals surface area contributed by atoms with Gasteiger partial charge in [0.2, 0.25) is 0 Å². The van der Waals surface area contributed by atoms with Crippen LogP contribution in [0.25, 0.3) is 0 Å². The number of nitrogens with zero attached hydrogens (tertiary/aromatic N) is 2. The van der Waals surface area contributed by atoms with E-state index >= 15 is 0 Å². The lowest BCUT2D eigenvalue weighted by Gasteiger charge is -2.13. The van der Waals surface area contributed by atoms with E-state index in [9.17, 15) is 4.79 Å². The molecule has 0 unspecified atom stereocenters. The van der Waals surface area contributed by atoms with E-state index in [0.717, 1.165) is 23.2 Å². The van der Waals surface area contributed by atoms with Crippen molar-refractivity contribution in [3.05, 3.63) is 82.8 Å². The molecule has 2 aromatic carbocycles. The Labute approximate surface area is 159 Å². The number of aromatic nitrogens is 2. The third-order valence-electron chi connectivity index (χ3n) is 4.41. The molecule has 3 rings (SSSR count). The molecular weight excluding hydrogens is 336 g/mol. The summed E-state index contributed by atoms with van der Waals surface area (Å²) in [6, 6.07) is 14.2. The minimum atomic E-state index is -0.235. The Morgan fingerprint density at radius 2 is 1.85 bits per heavy atom. The van der Waals surface area contributed by atoms with Crippen LogP contribution >= 0.6 is 0 Å². The average molecular weight is 360 g/mol. The molecule has 0 aliphatic rings. The number of aryl methyl sites for hydroxylation is 3. The first kappa shape index (κ1) is 18.6. The fourth-order valence-electron chi connectivity index (χ4n) is 2.93. The van der Waals surface area contributed by atoms with E-state index in [0.29, 0.717) is 18.1 Å². The fraction of sp³-hybridized carbons (Fsp3) is 0.227. The largest absolute Gasteiger partial charge is 0.347 e. The molecule has 0 aliphatic heterocycles. The van der Waals surface area contributed by atoms with Crippen LogP contribution < -0.4 is 10.6 Å². The molecule has 1 amide bonds. The Bertz CT molecular complexity index is 935. The van der Waals surface area contributed by atoms with Crippen molar-refractivity contribution in [3.63, 3.8) is 0 Å². The van der Waals surface area contributed by atoms with E-state index in [1.807, 2.05) is 37.3 Å².